The van der Waals surface area contributed by atoms with Crippen molar-refractivity contribution in [2.45, 2.75) is 26.7 Å². The Balaban J connectivity index is 1.57. The van der Waals surface area contributed by atoms with E-state index in [-0.39, 0.29) is 5.91 Å². The van der Waals surface area contributed by atoms with Crippen LogP contribution in [0.4, 0.5) is 5.13 Å². The summed E-state index contributed by atoms with van der Waals surface area (Å²) in [4.78, 5) is 23.5. The molecule has 3 aromatic carbocycles. The fourth-order valence-electron chi connectivity index (χ4n) is 4.68. The molecule has 1 aliphatic heterocycles. The smallest absolute Gasteiger partial charge is 0.241 e. The van der Waals surface area contributed by atoms with Gasteiger partial charge in [0.2, 0.25) is 5.91 Å². The van der Waals surface area contributed by atoms with Crippen molar-refractivity contribution in [1.82, 2.24) is 9.88 Å². The van der Waals surface area contributed by atoms with Gasteiger partial charge in [-0.2, -0.15) is 0 Å². The highest BCUT2D eigenvalue weighted by molar-refractivity contribution is 7.22. The van der Waals surface area contributed by atoms with E-state index >= 15 is 0 Å². The van der Waals surface area contributed by atoms with Crippen molar-refractivity contribution in [2.75, 3.05) is 37.7 Å². The van der Waals surface area contributed by atoms with E-state index in [1.807, 2.05) is 78.6 Å². The standard InChI is InChI=1S/C29H31N3O3S/c1-4-31(5-2)17-18-32(29-30-23-16-15-20(34-6-3)19-26(23)36-29)28(33)27-21-11-7-9-13-24(21)35-25-14-10-8-12-22(25)27/h7-16,19,27H,4-6,17-18H2,1-3H3. The lowest BCUT2D eigenvalue weighted by atomic mass is 9.87. The number of fused-ring (bicyclic) bond motifs is 3. The second-order valence-corrected chi connectivity index (χ2v) is 9.70. The van der Waals surface area contributed by atoms with Crippen LogP contribution in [0.15, 0.2) is 66.7 Å². The lowest BCUT2D eigenvalue weighted by Crippen LogP contribution is -2.42. The summed E-state index contributed by atoms with van der Waals surface area (Å²) in [5.41, 5.74) is 2.63. The molecule has 4 aromatic rings. The summed E-state index contributed by atoms with van der Waals surface area (Å²) in [7, 11) is 0. The van der Waals surface area contributed by atoms with Crippen LogP contribution in [-0.2, 0) is 4.79 Å². The molecule has 1 amide bonds. The van der Waals surface area contributed by atoms with Crippen molar-refractivity contribution in [3.63, 3.8) is 0 Å². The summed E-state index contributed by atoms with van der Waals surface area (Å²) in [5.74, 6) is 1.81. The zero-order valence-corrected chi connectivity index (χ0v) is 21.8. The molecule has 5 rings (SSSR count). The predicted molar refractivity (Wildman–Crippen MR) is 146 cm³/mol. The van der Waals surface area contributed by atoms with Gasteiger partial charge in [-0.05, 0) is 50.3 Å². The van der Waals surface area contributed by atoms with Crippen LogP contribution in [0.3, 0.4) is 0 Å². The molecule has 186 valence electrons. The highest BCUT2D eigenvalue weighted by atomic mass is 32.1. The van der Waals surface area contributed by atoms with Gasteiger partial charge in [-0.1, -0.05) is 61.6 Å². The maximum absolute atomic E-state index is 14.5. The lowest BCUT2D eigenvalue weighted by molar-refractivity contribution is -0.119. The average Bonchev–Trinajstić information content (AvgIpc) is 3.32. The molecule has 0 spiro atoms. The summed E-state index contributed by atoms with van der Waals surface area (Å²) in [6, 6.07) is 21.5. The minimum atomic E-state index is -0.464. The van der Waals surface area contributed by atoms with Crippen LogP contribution in [0.2, 0.25) is 0 Å². The molecule has 36 heavy (non-hydrogen) atoms. The Morgan fingerprint density at radius 2 is 1.61 bits per heavy atom. The summed E-state index contributed by atoms with van der Waals surface area (Å²) in [6.07, 6.45) is 0. The van der Waals surface area contributed by atoms with Crippen molar-refractivity contribution < 1.29 is 14.3 Å². The summed E-state index contributed by atoms with van der Waals surface area (Å²) < 4.78 is 12.8. The van der Waals surface area contributed by atoms with Crippen molar-refractivity contribution in [3.8, 4) is 17.2 Å². The number of para-hydroxylation sites is 2. The second kappa shape index (κ2) is 10.7. The van der Waals surface area contributed by atoms with E-state index in [1.165, 1.54) is 11.3 Å². The van der Waals surface area contributed by atoms with E-state index in [4.69, 9.17) is 14.5 Å². The van der Waals surface area contributed by atoms with Crippen molar-refractivity contribution in [2.24, 2.45) is 0 Å². The number of benzene rings is 3. The van der Waals surface area contributed by atoms with Crippen LogP contribution in [0.5, 0.6) is 17.2 Å². The van der Waals surface area contributed by atoms with Gasteiger partial charge in [-0.15, -0.1) is 0 Å². The Morgan fingerprint density at radius 3 is 2.25 bits per heavy atom. The van der Waals surface area contributed by atoms with Gasteiger partial charge in [0.05, 0.1) is 22.7 Å². The van der Waals surface area contributed by atoms with Crippen molar-refractivity contribution in [1.29, 1.82) is 0 Å². The number of aromatic nitrogens is 1. The van der Waals surface area contributed by atoms with E-state index in [2.05, 4.69) is 18.7 Å². The molecule has 6 nitrogen and oxygen atoms in total. The van der Waals surface area contributed by atoms with Crippen LogP contribution in [0, 0.1) is 0 Å². The number of hydrogen-bond donors (Lipinski definition) is 0. The quantitative estimate of drug-likeness (QED) is 0.269. The maximum atomic E-state index is 14.5. The molecule has 0 atom stereocenters. The molecule has 2 heterocycles. The molecular formula is C29H31N3O3S. The fraction of sp³-hybridized carbons (Fsp3) is 0.310. The maximum Gasteiger partial charge on any atom is 0.241 e. The summed E-state index contributed by atoms with van der Waals surface area (Å²) in [5, 5.41) is 0.706. The topological polar surface area (TPSA) is 54.9 Å². The third-order valence-corrected chi connectivity index (χ3v) is 7.66. The number of ether oxygens (including phenoxy) is 2. The van der Waals surface area contributed by atoms with E-state index in [0.717, 1.165) is 58.2 Å². The molecule has 1 aliphatic rings. The van der Waals surface area contributed by atoms with E-state index in [1.54, 1.807) is 0 Å². The molecule has 0 saturated carbocycles. The molecule has 7 heteroatoms. The van der Waals surface area contributed by atoms with E-state index in [9.17, 15) is 4.79 Å². The van der Waals surface area contributed by atoms with Gasteiger partial charge >= 0.3 is 0 Å². The van der Waals surface area contributed by atoms with Crippen LogP contribution < -0.4 is 14.4 Å². The molecular weight excluding hydrogens is 470 g/mol. The van der Waals surface area contributed by atoms with Gasteiger partial charge in [-0.25, -0.2) is 4.98 Å². The Hall–Kier alpha value is -3.42. The Kier molecular flexibility index (Phi) is 7.20. The van der Waals surface area contributed by atoms with Crippen LogP contribution in [-0.4, -0.2) is 48.6 Å². The first-order valence-corrected chi connectivity index (χ1v) is 13.4. The molecule has 0 fully saturated rings. The number of hydrogen-bond acceptors (Lipinski definition) is 6. The fourth-order valence-corrected chi connectivity index (χ4v) is 5.70. The second-order valence-electron chi connectivity index (χ2n) is 8.69. The number of carbonyl (C=O) groups excluding carboxylic acids is 1. The van der Waals surface area contributed by atoms with Gasteiger partial charge in [0, 0.05) is 24.2 Å². The minimum absolute atomic E-state index is 0.00874. The summed E-state index contributed by atoms with van der Waals surface area (Å²) in [6.45, 7) is 10.1. The average molecular weight is 502 g/mol. The van der Waals surface area contributed by atoms with Gasteiger partial charge < -0.3 is 14.4 Å². The molecule has 0 N–H and O–H groups in total. The van der Waals surface area contributed by atoms with Gasteiger partial charge in [0.1, 0.15) is 17.2 Å². The van der Waals surface area contributed by atoms with E-state index in [0.29, 0.717) is 18.3 Å². The Labute approximate surface area is 216 Å². The van der Waals surface area contributed by atoms with Crippen LogP contribution in [0.25, 0.3) is 10.2 Å². The van der Waals surface area contributed by atoms with E-state index < -0.39 is 5.92 Å². The van der Waals surface area contributed by atoms with Gasteiger partial charge in [-0.3, -0.25) is 9.69 Å². The number of likely N-dealkylation sites (N-methyl/N-ethyl adjacent to an activating group) is 1. The summed E-state index contributed by atoms with van der Waals surface area (Å²) >= 11 is 1.53. The number of amides is 1. The molecule has 0 aliphatic carbocycles. The normalized spacial score (nSPS) is 12.8. The minimum Gasteiger partial charge on any atom is -0.494 e. The zero-order chi connectivity index (χ0) is 25.1. The first-order valence-electron chi connectivity index (χ1n) is 12.6. The largest absolute Gasteiger partial charge is 0.494 e. The number of carbonyl (C=O) groups is 1. The first kappa shape index (κ1) is 24.3. The highest BCUT2D eigenvalue weighted by Crippen LogP contribution is 2.45. The third-order valence-electron chi connectivity index (χ3n) is 6.62. The number of anilines is 1. The molecule has 0 unspecified atom stereocenters. The van der Waals surface area contributed by atoms with Crippen molar-refractivity contribution >= 4 is 32.6 Å². The number of thiazole rings is 1. The lowest BCUT2D eigenvalue weighted by Gasteiger charge is -2.32. The van der Waals surface area contributed by atoms with Gasteiger partial charge in [0.15, 0.2) is 5.13 Å². The SMILES string of the molecule is CCOc1ccc2nc(N(CCN(CC)CC)C(=O)C3c4ccccc4Oc4ccccc43)sc2c1. The molecule has 0 radical (unpaired) electrons. The monoisotopic (exact) mass is 501 g/mol. The predicted octanol–water partition coefficient (Wildman–Crippen LogP) is 6.31. The highest BCUT2D eigenvalue weighted by Gasteiger charge is 2.36. The van der Waals surface area contributed by atoms with Gasteiger partial charge in [0.25, 0.3) is 0 Å². The third kappa shape index (κ3) is 4.68. The zero-order valence-electron chi connectivity index (χ0n) is 20.9. The number of rotatable bonds is 9. The Morgan fingerprint density at radius 1 is 0.944 bits per heavy atom. The number of nitrogens with zero attached hydrogens (tertiary/aromatic N) is 3. The molecule has 0 bridgehead atoms. The molecule has 0 saturated heterocycles. The Bertz CT molecular complexity index is 1320. The van der Waals surface area contributed by atoms with Crippen LogP contribution >= 0.6 is 11.3 Å². The van der Waals surface area contributed by atoms with Crippen LogP contribution in [0.1, 0.15) is 37.8 Å². The molecule has 1 aromatic heterocycles. The first-order chi connectivity index (χ1) is 17.6. The van der Waals surface area contributed by atoms with Crippen molar-refractivity contribution in [3.05, 3.63) is 77.9 Å².